The first-order valence-corrected chi connectivity index (χ1v) is 8.63. The van der Waals surface area contributed by atoms with Crippen molar-refractivity contribution in [1.29, 1.82) is 0 Å². The first-order valence-electron chi connectivity index (χ1n) is 8.63. The highest BCUT2D eigenvalue weighted by Gasteiger charge is 2.36. The highest BCUT2D eigenvalue weighted by molar-refractivity contribution is 4.90. The van der Waals surface area contributed by atoms with E-state index in [0.29, 0.717) is 6.04 Å². The van der Waals surface area contributed by atoms with E-state index in [9.17, 15) is 0 Å². The maximum atomic E-state index is 3.62. The molecule has 2 heteroatoms. The zero-order chi connectivity index (χ0) is 13.7. The van der Waals surface area contributed by atoms with Gasteiger partial charge in [0, 0.05) is 18.6 Å². The second kappa shape index (κ2) is 7.08. The molecule has 1 aliphatic carbocycles. The van der Waals surface area contributed by atoms with E-state index in [4.69, 9.17) is 0 Å². The lowest BCUT2D eigenvalue weighted by molar-refractivity contribution is 0.0434. The van der Waals surface area contributed by atoms with Crippen molar-refractivity contribution < 1.29 is 0 Å². The van der Waals surface area contributed by atoms with Crippen molar-refractivity contribution in [2.24, 2.45) is 5.41 Å². The van der Waals surface area contributed by atoms with Crippen molar-refractivity contribution in [2.75, 3.05) is 19.6 Å². The van der Waals surface area contributed by atoms with Gasteiger partial charge in [-0.3, -0.25) is 4.90 Å². The Labute approximate surface area is 120 Å². The largest absolute Gasteiger partial charge is 0.313 e. The van der Waals surface area contributed by atoms with Gasteiger partial charge in [-0.2, -0.15) is 0 Å². The van der Waals surface area contributed by atoms with Crippen LogP contribution in [0, 0.1) is 5.41 Å². The predicted octanol–water partition coefficient (Wildman–Crippen LogP) is 3.81. The van der Waals surface area contributed by atoms with Crippen LogP contribution in [0.25, 0.3) is 0 Å². The molecule has 1 saturated heterocycles. The summed E-state index contributed by atoms with van der Waals surface area (Å²) in [6, 6.07) is 1.37. The molecular formula is C17H34N2. The molecule has 2 aliphatic rings. The Morgan fingerprint density at radius 1 is 1.00 bits per heavy atom. The van der Waals surface area contributed by atoms with E-state index in [2.05, 4.69) is 31.0 Å². The molecular weight excluding hydrogens is 232 g/mol. The van der Waals surface area contributed by atoms with E-state index in [0.717, 1.165) is 11.5 Å². The van der Waals surface area contributed by atoms with Crippen LogP contribution in [0.15, 0.2) is 0 Å². The Kier molecular flexibility index (Phi) is 5.70. The summed E-state index contributed by atoms with van der Waals surface area (Å²) in [5, 5.41) is 3.62. The van der Waals surface area contributed by atoms with Crippen LogP contribution < -0.4 is 5.32 Å². The van der Waals surface area contributed by atoms with Crippen molar-refractivity contribution in [3.8, 4) is 0 Å². The number of rotatable bonds is 5. The lowest BCUT2D eigenvalue weighted by Crippen LogP contribution is -2.49. The SMILES string of the molecule is CCC(CNC(C)C)N1CCC2(CCCCC2)CC1. The fraction of sp³-hybridized carbons (Fsp3) is 1.00. The minimum Gasteiger partial charge on any atom is -0.313 e. The molecule has 0 radical (unpaired) electrons. The van der Waals surface area contributed by atoms with Crippen molar-refractivity contribution in [3.05, 3.63) is 0 Å². The van der Waals surface area contributed by atoms with Gasteiger partial charge in [-0.1, -0.05) is 40.0 Å². The van der Waals surface area contributed by atoms with Crippen LogP contribution in [-0.4, -0.2) is 36.6 Å². The van der Waals surface area contributed by atoms with Crippen molar-refractivity contribution >= 4 is 0 Å². The zero-order valence-corrected chi connectivity index (χ0v) is 13.4. The van der Waals surface area contributed by atoms with Gasteiger partial charge in [-0.25, -0.2) is 0 Å². The number of nitrogens with one attached hydrogen (secondary N) is 1. The molecule has 1 N–H and O–H groups in total. The summed E-state index contributed by atoms with van der Waals surface area (Å²) in [4.78, 5) is 2.76. The summed E-state index contributed by atoms with van der Waals surface area (Å²) in [5.74, 6) is 0. The van der Waals surface area contributed by atoms with Crippen LogP contribution in [0.1, 0.15) is 72.1 Å². The van der Waals surface area contributed by atoms with Gasteiger partial charge in [0.1, 0.15) is 0 Å². The summed E-state index contributed by atoms with van der Waals surface area (Å²) >= 11 is 0. The molecule has 0 aromatic heterocycles. The molecule has 0 aromatic carbocycles. The van der Waals surface area contributed by atoms with Gasteiger partial charge in [0.2, 0.25) is 0 Å². The third-order valence-corrected chi connectivity index (χ3v) is 5.52. The summed E-state index contributed by atoms with van der Waals surface area (Å²) in [5.41, 5.74) is 0.749. The standard InChI is InChI=1S/C17H34N2/c1-4-16(14-18-15(2)3)19-12-10-17(11-13-19)8-6-5-7-9-17/h15-16,18H,4-14H2,1-3H3. The minimum absolute atomic E-state index is 0.614. The van der Waals surface area contributed by atoms with Crippen LogP contribution in [0.4, 0.5) is 0 Å². The van der Waals surface area contributed by atoms with Gasteiger partial charge in [-0.15, -0.1) is 0 Å². The number of piperidine rings is 1. The van der Waals surface area contributed by atoms with Gasteiger partial charge in [0.15, 0.2) is 0 Å². The highest BCUT2D eigenvalue weighted by atomic mass is 15.2. The quantitative estimate of drug-likeness (QED) is 0.814. The Bertz CT molecular complexity index is 246. The van der Waals surface area contributed by atoms with Gasteiger partial charge in [0.05, 0.1) is 0 Å². The first-order chi connectivity index (χ1) is 9.15. The lowest BCUT2D eigenvalue weighted by atomic mass is 9.68. The number of hydrogen-bond donors (Lipinski definition) is 1. The summed E-state index contributed by atoms with van der Waals surface area (Å²) in [7, 11) is 0. The summed E-state index contributed by atoms with van der Waals surface area (Å²) in [6.07, 6.45) is 11.7. The second-order valence-corrected chi connectivity index (χ2v) is 7.22. The number of likely N-dealkylation sites (tertiary alicyclic amines) is 1. The van der Waals surface area contributed by atoms with Crippen LogP contribution >= 0.6 is 0 Å². The third-order valence-electron chi connectivity index (χ3n) is 5.52. The number of nitrogens with zero attached hydrogens (tertiary/aromatic N) is 1. The van der Waals surface area contributed by atoms with E-state index in [1.54, 1.807) is 0 Å². The van der Waals surface area contributed by atoms with Crippen LogP contribution in [-0.2, 0) is 0 Å². The van der Waals surface area contributed by atoms with E-state index in [1.165, 1.54) is 71.0 Å². The number of hydrogen-bond acceptors (Lipinski definition) is 2. The molecule has 1 heterocycles. The molecule has 2 nitrogen and oxygen atoms in total. The minimum atomic E-state index is 0.614. The second-order valence-electron chi connectivity index (χ2n) is 7.22. The maximum absolute atomic E-state index is 3.62. The molecule has 1 spiro atoms. The van der Waals surface area contributed by atoms with Gasteiger partial charge in [0.25, 0.3) is 0 Å². The maximum Gasteiger partial charge on any atom is 0.0218 e. The highest BCUT2D eigenvalue weighted by Crippen LogP contribution is 2.44. The monoisotopic (exact) mass is 266 g/mol. The van der Waals surface area contributed by atoms with Crippen molar-refractivity contribution in [1.82, 2.24) is 10.2 Å². The third kappa shape index (κ3) is 4.19. The van der Waals surface area contributed by atoms with Crippen LogP contribution in [0.5, 0.6) is 0 Å². The molecule has 1 saturated carbocycles. The van der Waals surface area contributed by atoms with Crippen molar-refractivity contribution in [3.63, 3.8) is 0 Å². The average Bonchev–Trinajstić information content (AvgIpc) is 2.42. The predicted molar refractivity (Wildman–Crippen MR) is 83.5 cm³/mol. The summed E-state index contributed by atoms with van der Waals surface area (Å²) < 4.78 is 0. The molecule has 0 aromatic rings. The molecule has 19 heavy (non-hydrogen) atoms. The Hall–Kier alpha value is -0.0800. The fourth-order valence-corrected chi connectivity index (χ4v) is 4.07. The van der Waals surface area contributed by atoms with Gasteiger partial charge < -0.3 is 5.32 Å². The van der Waals surface area contributed by atoms with E-state index >= 15 is 0 Å². The molecule has 2 fully saturated rings. The van der Waals surface area contributed by atoms with Gasteiger partial charge in [-0.05, 0) is 50.6 Å². The Morgan fingerprint density at radius 2 is 1.63 bits per heavy atom. The van der Waals surface area contributed by atoms with E-state index < -0.39 is 0 Å². The van der Waals surface area contributed by atoms with Crippen molar-refractivity contribution in [2.45, 2.75) is 84.2 Å². The fourth-order valence-electron chi connectivity index (χ4n) is 4.07. The molecule has 1 unspecified atom stereocenters. The topological polar surface area (TPSA) is 15.3 Å². The Morgan fingerprint density at radius 3 is 2.16 bits per heavy atom. The molecule has 0 bridgehead atoms. The van der Waals surface area contributed by atoms with E-state index in [1.807, 2.05) is 0 Å². The molecule has 1 aliphatic heterocycles. The lowest BCUT2D eigenvalue weighted by Gasteiger charge is -2.46. The summed E-state index contributed by atoms with van der Waals surface area (Å²) in [6.45, 7) is 10.7. The van der Waals surface area contributed by atoms with Gasteiger partial charge >= 0.3 is 0 Å². The Balaban J connectivity index is 1.80. The zero-order valence-electron chi connectivity index (χ0n) is 13.4. The van der Waals surface area contributed by atoms with Crippen LogP contribution in [0.3, 0.4) is 0 Å². The van der Waals surface area contributed by atoms with Crippen LogP contribution in [0.2, 0.25) is 0 Å². The normalized spacial score (nSPS) is 25.9. The smallest absolute Gasteiger partial charge is 0.0218 e. The molecule has 0 amide bonds. The van der Waals surface area contributed by atoms with E-state index in [-0.39, 0.29) is 0 Å². The molecule has 1 atom stereocenters. The average molecular weight is 266 g/mol. The molecule has 112 valence electrons. The first kappa shape index (κ1) is 15.3. The molecule has 2 rings (SSSR count).